The van der Waals surface area contributed by atoms with Crippen molar-refractivity contribution in [2.24, 2.45) is 0 Å². The van der Waals surface area contributed by atoms with Gasteiger partial charge in [-0.1, -0.05) is 147 Å². The van der Waals surface area contributed by atoms with Crippen molar-refractivity contribution >= 4 is 53.3 Å². The van der Waals surface area contributed by atoms with E-state index in [-0.39, 0.29) is 5.41 Å². The van der Waals surface area contributed by atoms with Crippen LogP contribution < -0.4 is 0 Å². The molecule has 3 aromatic heterocycles. The molecular weight excluding hydrogens is 663 g/mol. The second kappa shape index (κ2) is 11.3. The number of thiophene rings is 1. The number of hydrogen-bond donors (Lipinski definition) is 0. The largest absolute Gasteiger partial charge is 0.278 e. The molecule has 0 aliphatic heterocycles. The third-order valence-corrected chi connectivity index (χ3v) is 12.5. The van der Waals surface area contributed by atoms with Crippen LogP contribution in [0, 0.1) is 0 Å². The quantitative estimate of drug-likeness (QED) is 0.183. The van der Waals surface area contributed by atoms with E-state index in [0.29, 0.717) is 5.95 Å². The van der Waals surface area contributed by atoms with Gasteiger partial charge in [-0.2, -0.15) is 0 Å². The summed E-state index contributed by atoms with van der Waals surface area (Å²) in [6.07, 6.45) is 0. The van der Waals surface area contributed by atoms with Crippen LogP contribution in [0.2, 0.25) is 0 Å². The van der Waals surface area contributed by atoms with Gasteiger partial charge in [-0.05, 0) is 63.7 Å². The van der Waals surface area contributed by atoms with Gasteiger partial charge in [0.1, 0.15) is 0 Å². The molecule has 1 aliphatic rings. The lowest BCUT2D eigenvalue weighted by atomic mass is 9.82. The summed E-state index contributed by atoms with van der Waals surface area (Å²) in [6, 6.07) is 59.1. The summed E-state index contributed by atoms with van der Waals surface area (Å²) < 4.78 is 4.80. The first-order valence-corrected chi connectivity index (χ1v) is 19.0. The molecule has 0 spiro atoms. The summed E-state index contributed by atoms with van der Waals surface area (Å²) in [6.45, 7) is 4.69. The summed E-state index contributed by atoms with van der Waals surface area (Å²) >= 11 is 1.83. The molecule has 0 fully saturated rings. The summed E-state index contributed by atoms with van der Waals surface area (Å²) in [5, 5.41) is 4.95. The smallest absolute Gasteiger partial charge is 0.235 e. The molecule has 0 saturated carbocycles. The minimum absolute atomic E-state index is 0.0955. The molecule has 1 aliphatic carbocycles. The number of aromatic nitrogens is 3. The van der Waals surface area contributed by atoms with E-state index in [0.717, 1.165) is 33.5 Å². The van der Waals surface area contributed by atoms with Crippen LogP contribution >= 0.6 is 11.3 Å². The lowest BCUT2D eigenvalue weighted by Crippen LogP contribution is -2.14. The molecule has 4 heteroatoms. The highest BCUT2D eigenvalue weighted by Gasteiger charge is 2.36. The fourth-order valence-electron chi connectivity index (χ4n) is 8.61. The average Bonchev–Trinajstić information content (AvgIpc) is 3.83. The third kappa shape index (κ3) is 4.52. The fourth-order valence-corrected chi connectivity index (χ4v) is 9.84. The third-order valence-electron chi connectivity index (χ3n) is 11.3. The van der Waals surface area contributed by atoms with Gasteiger partial charge in [0.2, 0.25) is 5.95 Å². The zero-order chi connectivity index (χ0) is 35.3. The molecular formula is C49H33N3S. The zero-order valence-electron chi connectivity index (χ0n) is 29.3. The molecule has 0 N–H and O–H groups in total. The summed E-state index contributed by atoms with van der Waals surface area (Å²) in [4.78, 5) is 10.9. The Labute approximate surface area is 311 Å². The number of nitrogens with zero attached hydrogens (tertiary/aromatic N) is 3. The predicted octanol–water partition coefficient (Wildman–Crippen LogP) is 13.2. The van der Waals surface area contributed by atoms with Crippen molar-refractivity contribution in [1.82, 2.24) is 14.5 Å². The molecule has 0 amide bonds. The van der Waals surface area contributed by atoms with Crippen LogP contribution in [-0.4, -0.2) is 14.5 Å². The normalized spacial score (nSPS) is 13.2. The summed E-state index contributed by atoms with van der Waals surface area (Å²) in [5.41, 5.74) is 13.8. The Balaban J connectivity index is 1.19. The second-order valence-corrected chi connectivity index (χ2v) is 15.7. The Morgan fingerprint density at radius 1 is 0.453 bits per heavy atom. The number of hydrogen-bond acceptors (Lipinski definition) is 3. The van der Waals surface area contributed by atoms with Gasteiger partial charge in [0.15, 0.2) is 0 Å². The van der Waals surface area contributed by atoms with E-state index < -0.39 is 0 Å². The Morgan fingerprint density at radius 3 is 1.98 bits per heavy atom. The highest BCUT2D eigenvalue weighted by molar-refractivity contribution is 7.26. The van der Waals surface area contributed by atoms with Crippen molar-refractivity contribution in [2.75, 3.05) is 0 Å². The van der Waals surface area contributed by atoms with Crippen molar-refractivity contribution in [3.05, 3.63) is 175 Å². The Bertz CT molecular complexity index is 3080. The molecule has 7 aromatic carbocycles. The molecule has 0 saturated heterocycles. The maximum absolute atomic E-state index is 5.48. The van der Waals surface area contributed by atoms with Crippen molar-refractivity contribution in [3.63, 3.8) is 0 Å². The molecule has 3 nitrogen and oxygen atoms in total. The van der Waals surface area contributed by atoms with E-state index in [1.807, 2.05) is 11.3 Å². The van der Waals surface area contributed by atoms with Crippen LogP contribution in [-0.2, 0) is 5.41 Å². The van der Waals surface area contributed by atoms with Crippen LogP contribution in [0.25, 0.3) is 92.7 Å². The van der Waals surface area contributed by atoms with Gasteiger partial charge in [0.05, 0.1) is 22.4 Å². The summed E-state index contributed by atoms with van der Waals surface area (Å²) in [7, 11) is 0. The predicted molar refractivity (Wildman–Crippen MR) is 223 cm³/mol. The standard InChI is InChI=1S/C49H33N3S/c1-49(2)40-20-9-6-15-33(40)38-28-45-39(27-41(38)49)34-16-7-10-21-44(34)52(45)48-50-42(32-25-23-31(24-26-32)30-13-4-3-5-14-30)29-43(51-48)37-19-12-18-36-35-17-8-11-22-46(35)53-47(36)37/h3-29H,1-2H3. The number of rotatable bonds is 4. The monoisotopic (exact) mass is 695 g/mol. The van der Waals surface area contributed by atoms with Crippen molar-refractivity contribution in [1.29, 1.82) is 0 Å². The van der Waals surface area contributed by atoms with E-state index in [9.17, 15) is 0 Å². The van der Waals surface area contributed by atoms with Crippen LogP contribution in [0.4, 0.5) is 0 Å². The van der Waals surface area contributed by atoms with E-state index in [1.54, 1.807) is 0 Å². The van der Waals surface area contributed by atoms with Gasteiger partial charge < -0.3 is 0 Å². The Kier molecular flexibility index (Phi) is 6.47. The topological polar surface area (TPSA) is 30.7 Å². The molecule has 0 unspecified atom stereocenters. The second-order valence-electron chi connectivity index (χ2n) is 14.6. The van der Waals surface area contributed by atoms with Gasteiger partial charge in [0, 0.05) is 47.5 Å². The van der Waals surface area contributed by atoms with E-state index in [2.05, 4.69) is 182 Å². The fraction of sp³-hybridized carbons (Fsp3) is 0.0612. The molecule has 0 bridgehead atoms. The van der Waals surface area contributed by atoms with Crippen molar-refractivity contribution in [3.8, 4) is 50.7 Å². The van der Waals surface area contributed by atoms with Crippen LogP contribution in [0.5, 0.6) is 0 Å². The minimum Gasteiger partial charge on any atom is -0.278 e. The lowest BCUT2D eigenvalue weighted by Gasteiger charge is -2.21. The van der Waals surface area contributed by atoms with E-state index in [1.165, 1.54) is 64.3 Å². The van der Waals surface area contributed by atoms with Crippen molar-refractivity contribution in [2.45, 2.75) is 19.3 Å². The van der Waals surface area contributed by atoms with Crippen molar-refractivity contribution < 1.29 is 0 Å². The summed E-state index contributed by atoms with van der Waals surface area (Å²) in [5.74, 6) is 0.666. The Morgan fingerprint density at radius 2 is 1.11 bits per heavy atom. The Hall–Kier alpha value is -6.36. The number of fused-ring (bicyclic) bond motifs is 9. The minimum atomic E-state index is -0.0955. The number of para-hydroxylation sites is 1. The first kappa shape index (κ1) is 30.3. The maximum atomic E-state index is 5.48. The molecule has 3 heterocycles. The maximum Gasteiger partial charge on any atom is 0.235 e. The molecule has 250 valence electrons. The number of benzene rings is 7. The molecule has 11 rings (SSSR count). The molecule has 0 atom stereocenters. The van der Waals surface area contributed by atoms with Gasteiger partial charge in [-0.15, -0.1) is 11.3 Å². The van der Waals surface area contributed by atoms with Gasteiger partial charge >= 0.3 is 0 Å². The average molecular weight is 696 g/mol. The van der Waals surface area contributed by atoms with E-state index >= 15 is 0 Å². The van der Waals surface area contributed by atoms with Crippen LogP contribution in [0.3, 0.4) is 0 Å². The van der Waals surface area contributed by atoms with E-state index in [4.69, 9.17) is 9.97 Å². The SMILES string of the molecule is CC1(C)c2ccccc2-c2cc3c(cc21)c1ccccc1n3-c1nc(-c2ccc(-c3ccccc3)cc2)cc(-c2cccc3c2sc2ccccc23)n1. The highest BCUT2D eigenvalue weighted by atomic mass is 32.1. The highest BCUT2D eigenvalue weighted by Crippen LogP contribution is 2.51. The van der Waals surface area contributed by atoms with Crippen LogP contribution in [0.15, 0.2) is 164 Å². The first-order chi connectivity index (χ1) is 26.0. The van der Waals surface area contributed by atoms with Gasteiger partial charge in [-0.3, -0.25) is 4.57 Å². The lowest BCUT2D eigenvalue weighted by molar-refractivity contribution is 0.661. The molecule has 10 aromatic rings. The van der Waals surface area contributed by atoms with Crippen LogP contribution in [0.1, 0.15) is 25.0 Å². The molecule has 0 radical (unpaired) electrons. The van der Waals surface area contributed by atoms with Gasteiger partial charge in [-0.25, -0.2) is 9.97 Å². The molecule has 53 heavy (non-hydrogen) atoms. The first-order valence-electron chi connectivity index (χ1n) is 18.2. The zero-order valence-corrected chi connectivity index (χ0v) is 30.2. The van der Waals surface area contributed by atoms with Gasteiger partial charge in [0.25, 0.3) is 0 Å².